The van der Waals surface area contributed by atoms with Gasteiger partial charge in [-0.15, -0.1) is 0 Å². The van der Waals surface area contributed by atoms with Gasteiger partial charge in [0.2, 0.25) is 5.89 Å². The van der Waals surface area contributed by atoms with Crippen molar-refractivity contribution in [2.24, 2.45) is 0 Å². The van der Waals surface area contributed by atoms with Crippen LogP contribution in [0.2, 0.25) is 0 Å². The summed E-state index contributed by atoms with van der Waals surface area (Å²) in [6, 6.07) is 0. The van der Waals surface area contributed by atoms with Crippen LogP contribution in [-0.2, 0) is 16.0 Å². The normalized spacial score (nSPS) is 21.9. The molecule has 1 unspecified atom stereocenters. The highest BCUT2D eigenvalue weighted by Crippen LogP contribution is 2.20. The SMILES string of the molecule is CCCc1noc(C2COCCC2=O)n1. The smallest absolute Gasteiger partial charge is 0.239 e. The van der Waals surface area contributed by atoms with E-state index in [-0.39, 0.29) is 11.7 Å². The molecule has 2 rings (SSSR count). The molecule has 1 fully saturated rings. The van der Waals surface area contributed by atoms with Crippen LogP contribution in [0.5, 0.6) is 0 Å². The predicted octanol–water partition coefficient (Wildman–Crippen LogP) is 1.10. The van der Waals surface area contributed by atoms with Crippen molar-refractivity contribution in [1.29, 1.82) is 0 Å². The van der Waals surface area contributed by atoms with Crippen LogP contribution in [0.1, 0.15) is 37.4 Å². The number of carbonyl (C=O) groups is 1. The Morgan fingerprint density at radius 2 is 2.40 bits per heavy atom. The Bertz CT molecular complexity index is 348. The summed E-state index contributed by atoms with van der Waals surface area (Å²) in [4.78, 5) is 15.7. The summed E-state index contributed by atoms with van der Waals surface area (Å²) < 4.78 is 10.3. The highest BCUT2D eigenvalue weighted by Gasteiger charge is 2.29. The second kappa shape index (κ2) is 4.53. The number of hydrogen-bond donors (Lipinski definition) is 0. The lowest BCUT2D eigenvalue weighted by atomic mass is 10.0. The van der Waals surface area contributed by atoms with Crippen LogP contribution >= 0.6 is 0 Å². The molecule has 1 aliphatic heterocycles. The van der Waals surface area contributed by atoms with E-state index in [0.29, 0.717) is 31.3 Å². The Kier molecular flexibility index (Phi) is 3.11. The molecule has 1 aromatic heterocycles. The molecule has 1 atom stereocenters. The maximum Gasteiger partial charge on any atom is 0.239 e. The molecule has 0 N–H and O–H groups in total. The van der Waals surface area contributed by atoms with Gasteiger partial charge in [0, 0.05) is 12.8 Å². The number of nitrogens with zero attached hydrogens (tertiary/aromatic N) is 2. The van der Waals surface area contributed by atoms with Crippen LogP contribution in [0.4, 0.5) is 0 Å². The second-order valence-corrected chi connectivity index (χ2v) is 3.64. The molecular weight excluding hydrogens is 196 g/mol. The first-order valence-electron chi connectivity index (χ1n) is 5.24. The number of hydrogen-bond acceptors (Lipinski definition) is 5. The minimum Gasteiger partial charge on any atom is -0.380 e. The first kappa shape index (κ1) is 10.3. The number of ketones is 1. The minimum atomic E-state index is -0.350. The summed E-state index contributed by atoms with van der Waals surface area (Å²) in [5.74, 6) is 0.860. The van der Waals surface area contributed by atoms with Crippen molar-refractivity contribution >= 4 is 5.78 Å². The molecule has 15 heavy (non-hydrogen) atoms. The second-order valence-electron chi connectivity index (χ2n) is 3.64. The van der Waals surface area contributed by atoms with Crippen molar-refractivity contribution in [2.45, 2.75) is 32.1 Å². The standard InChI is InChI=1S/C10H14N2O3/c1-2-3-9-11-10(15-12-9)7-6-14-5-4-8(7)13/h7H,2-6H2,1H3. The van der Waals surface area contributed by atoms with E-state index in [1.807, 2.05) is 6.92 Å². The van der Waals surface area contributed by atoms with Crippen molar-refractivity contribution in [1.82, 2.24) is 10.1 Å². The van der Waals surface area contributed by atoms with Crippen molar-refractivity contribution in [3.63, 3.8) is 0 Å². The van der Waals surface area contributed by atoms with Crippen LogP contribution in [0.3, 0.4) is 0 Å². The van der Waals surface area contributed by atoms with Gasteiger partial charge in [-0.25, -0.2) is 0 Å². The number of carbonyl (C=O) groups excluding carboxylic acids is 1. The van der Waals surface area contributed by atoms with Crippen LogP contribution in [0.15, 0.2) is 4.52 Å². The topological polar surface area (TPSA) is 65.2 Å². The zero-order chi connectivity index (χ0) is 10.7. The van der Waals surface area contributed by atoms with E-state index >= 15 is 0 Å². The lowest BCUT2D eigenvalue weighted by molar-refractivity contribution is -0.127. The van der Waals surface area contributed by atoms with Gasteiger partial charge in [0.25, 0.3) is 0 Å². The molecule has 0 radical (unpaired) electrons. The lowest BCUT2D eigenvalue weighted by Gasteiger charge is -2.16. The highest BCUT2D eigenvalue weighted by atomic mass is 16.5. The van der Waals surface area contributed by atoms with E-state index in [1.165, 1.54) is 0 Å². The van der Waals surface area contributed by atoms with Gasteiger partial charge < -0.3 is 9.26 Å². The fourth-order valence-corrected chi connectivity index (χ4v) is 1.58. The Labute approximate surface area is 87.8 Å². The molecule has 0 aliphatic carbocycles. The zero-order valence-electron chi connectivity index (χ0n) is 8.73. The van der Waals surface area contributed by atoms with Gasteiger partial charge in [0.1, 0.15) is 11.7 Å². The summed E-state index contributed by atoms with van der Waals surface area (Å²) in [5.41, 5.74) is 0. The third-order valence-electron chi connectivity index (χ3n) is 2.42. The van der Waals surface area contributed by atoms with Crippen LogP contribution in [0.25, 0.3) is 0 Å². The molecule has 82 valence electrons. The van der Waals surface area contributed by atoms with Gasteiger partial charge in [-0.05, 0) is 6.42 Å². The van der Waals surface area contributed by atoms with Gasteiger partial charge in [-0.3, -0.25) is 4.79 Å². The van der Waals surface area contributed by atoms with Crippen LogP contribution in [-0.4, -0.2) is 29.1 Å². The van der Waals surface area contributed by atoms with Crippen LogP contribution < -0.4 is 0 Å². The maximum atomic E-state index is 11.6. The van der Waals surface area contributed by atoms with Gasteiger partial charge in [0.05, 0.1) is 13.2 Å². The molecule has 1 saturated heterocycles. The molecule has 5 heteroatoms. The summed E-state index contributed by atoms with van der Waals surface area (Å²) in [6.07, 6.45) is 2.19. The van der Waals surface area contributed by atoms with E-state index in [2.05, 4.69) is 10.1 Å². The monoisotopic (exact) mass is 210 g/mol. The first-order chi connectivity index (χ1) is 7.31. The van der Waals surface area contributed by atoms with Gasteiger partial charge in [-0.2, -0.15) is 4.98 Å². The Balaban J connectivity index is 2.10. The zero-order valence-corrected chi connectivity index (χ0v) is 8.73. The van der Waals surface area contributed by atoms with Crippen LogP contribution in [0, 0.1) is 0 Å². The minimum absolute atomic E-state index is 0.132. The Hall–Kier alpha value is -1.23. The van der Waals surface area contributed by atoms with E-state index < -0.39 is 0 Å². The van der Waals surface area contributed by atoms with E-state index in [0.717, 1.165) is 12.8 Å². The van der Waals surface area contributed by atoms with Gasteiger partial charge in [-0.1, -0.05) is 12.1 Å². The predicted molar refractivity (Wildman–Crippen MR) is 51.5 cm³/mol. The third-order valence-corrected chi connectivity index (χ3v) is 2.42. The fraction of sp³-hybridized carbons (Fsp3) is 0.700. The quantitative estimate of drug-likeness (QED) is 0.747. The van der Waals surface area contributed by atoms with Gasteiger partial charge >= 0.3 is 0 Å². The molecule has 0 aromatic carbocycles. The number of rotatable bonds is 3. The Morgan fingerprint density at radius 1 is 1.53 bits per heavy atom. The lowest BCUT2D eigenvalue weighted by Crippen LogP contribution is -2.25. The van der Waals surface area contributed by atoms with Crippen molar-refractivity contribution in [3.05, 3.63) is 11.7 Å². The summed E-state index contributed by atoms with van der Waals surface area (Å²) >= 11 is 0. The molecule has 5 nitrogen and oxygen atoms in total. The van der Waals surface area contributed by atoms with Gasteiger partial charge in [0.15, 0.2) is 5.82 Å². The number of ether oxygens (including phenoxy) is 1. The van der Waals surface area contributed by atoms with Crippen molar-refractivity contribution in [2.75, 3.05) is 13.2 Å². The maximum absolute atomic E-state index is 11.6. The molecule has 0 spiro atoms. The number of aryl methyl sites for hydroxylation is 1. The third kappa shape index (κ3) is 2.23. The number of Topliss-reactive ketones (excluding diaryl/α,β-unsaturated/α-hetero) is 1. The molecular formula is C10H14N2O3. The molecule has 0 saturated carbocycles. The molecule has 0 bridgehead atoms. The summed E-state index contributed by atoms with van der Waals surface area (Å²) in [6.45, 7) is 2.92. The first-order valence-corrected chi connectivity index (χ1v) is 5.24. The summed E-state index contributed by atoms with van der Waals surface area (Å²) in [5, 5.41) is 3.82. The molecule has 0 amide bonds. The Morgan fingerprint density at radius 3 is 3.13 bits per heavy atom. The average molecular weight is 210 g/mol. The fourth-order valence-electron chi connectivity index (χ4n) is 1.58. The van der Waals surface area contributed by atoms with E-state index in [1.54, 1.807) is 0 Å². The molecule has 2 heterocycles. The van der Waals surface area contributed by atoms with E-state index in [9.17, 15) is 4.79 Å². The largest absolute Gasteiger partial charge is 0.380 e. The molecule has 1 aliphatic rings. The van der Waals surface area contributed by atoms with Crippen molar-refractivity contribution < 1.29 is 14.1 Å². The number of aromatic nitrogens is 2. The molecule has 1 aromatic rings. The van der Waals surface area contributed by atoms with Crippen molar-refractivity contribution in [3.8, 4) is 0 Å². The summed E-state index contributed by atoms with van der Waals surface area (Å²) in [7, 11) is 0. The highest BCUT2D eigenvalue weighted by molar-refractivity contribution is 5.85. The van der Waals surface area contributed by atoms with E-state index in [4.69, 9.17) is 9.26 Å². The average Bonchev–Trinajstić information content (AvgIpc) is 2.68.